The molecule has 0 bridgehead atoms. The summed E-state index contributed by atoms with van der Waals surface area (Å²) in [6, 6.07) is 0. The van der Waals surface area contributed by atoms with Crippen LogP contribution in [-0.4, -0.2) is 37.2 Å². The van der Waals surface area contributed by atoms with E-state index in [0.29, 0.717) is 19.3 Å². The van der Waals surface area contributed by atoms with E-state index in [4.69, 9.17) is 14.2 Å². The van der Waals surface area contributed by atoms with Gasteiger partial charge in [0.1, 0.15) is 13.2 Å². The van der Waals surface area contributed by atoms with Crippen LogP contribution in [0.15, 0.2) is 158 Å². The maximum absolute atomic E-state index is 12.8. The average Bonchev–Trinajstić information content (AvgIpc) is 3.34. The van der Waals surface area contributed by atoms with Crippen molar-refractivity contribution in [3.05, 3.63) is 158 Å². The van der Waals surface area contributed by atoms with Crippen molar-refractivity contribution in [1.29, 1.82) is 0 Å². The summed E-state index contributed by atoms with van der Waals surface area (Å²) in [4.78, 5) is 38.0. The summed E-state index contributed by atoms with van der Waals surface area (Å²) < 4.78 is 16.7. The van der Waals surface area contributed by atoms with E-state index in [9.17, 15) is 14.4 Å². The molecule has 378 valence electrons. The highest BCUT2D eigenvalue weighted by atomic mass is 16.6. The van der Waals surface area contributed by atoms with Gasteiger partial charge >= 0.3 is 17.9 Å². The van der Waals surface area contributed by atoms with Crippen LogP contribution < -0.4 is 0 Å². The van der Waals surface area contributed by atoms with Crippen molar-refractivity contribution in [3.8, 4) is 0 Å². The molecule has 0 aliphatic carbocycles. The molecule has 0 aromatic heterocycles. The lowest BCUT2D eigenvalue weighted by Crippen LogP contribution is -2.30. The molecule has 1 unspecified atom stereocenters. The van der Waals surface area contributed by atoms with Crippen molar-refractivity contribution in [2.45, 2.75) is 200 Å². The lowest BCUT2D eigenvalue weighted by atomic mass is 10.1. The largest absolute Gasteiger partial charge is 0.462 e. The summed E-state index contributed by atoms with van der Waals surface area (Å²) >= 11 is 0. The topological polar surface area (TPSA) is 78.9 Å². The molecule has 6 heteroatoms. The fourth-order valence-corrected chi connectivity index (χ4v) is 6.53. The first-order chi connectivity index (χ1) is 33.5. The van der Waals surface area contributed by atoms with Crippen molar-refractivity contribution < 1.29 is 28.6 Å². The Morgan fingerprint density at radius 3 is 1.15 bits per heavy atom. The van der Waals surface area contributed by atoms with E-state index < -0.39 is 12.1 Å². The standard InChI is InChI=1S/C62H94O6/c1-4-7-10-13-16-19-22-25-28-30-31-32-35-37-40-43-46-49-52-55-61(64)67-58-59(57-66-60(63)54-51-48-45-42-39-36-33-27-24-21-18-15-12-9-6-3)68-62(65)56-53-50-47-44-41-38-34-29-26-23-20-17-14-11-8-5-2/h7-8,10-11,13,16-17,19-22,24-26,28-32,35,37-38,40-41,47,50,59H,4-6,9,12,14-15,18,23,27,33-34,36,39,42-46,48-49,51-58H2,1-3H3/b10-7-,11-8-,16-13-,20-17-,22-19-,24-21-,28-25-,29-26-,31-30+,35-32-,40-37-,41-38-,50-47-. The molecule has 0 rings (SSSR count). The van der Waals surface area contributed by atoms with Crippen molar-refractivity contribution in [3.63, 3.8) is 0 Å². The molecule has 0 amide bonds. The van der Waals surface area contributed by atoms with E-state index in [-0.39, 0.29) is 38.0 Å². The lowest BCUT2D eigenvalue weighted by molar-refractivity contribution is -0.166. The highest BCUT2D eigenvalue weighted by Gasteiger charge is 2.19. The maximum atomic E-state index is 12.8. The van der Waals surface area contributed by atoms with Crippen molar-refractivity contribution in [2.75, 3.05) is 13.2 Å². The van der Waals surface area contributed by atoms with E-state index >= 15 is 0 Å². The zero-order chi connectivity index (χ0) is 49.3. The number of allylic oxidation sites excluding steroid dienone is 26. The van der Waals surface area contributed by atoms with E-state index in [2.05, 4.69) is 93.7 Å². The first-order valence-corrected chi connectivity index (χ1v) is 26.6. The van der Waals surface area contributed by atoms with Gasteiger partial charge in [-0.1, -0.05) is 237 Å². The molecule has 6 nitrogen and oxygen atoms in total. The molecule has 0 saturated carbocycles. The number of unbranched alkanes of at least 4 members (excludes halogenated alkanes) is 14. The van der Waals surface area contributed by atoms with Gasteiger partial charge < -0.3 is 14.2 Å². The third-order valence-corrected chi connectivity index (χ3v) is 10.5. The molecule has 0 radical (unpaired) electrons. The van der Waals surface area contributed by atoms with Crippen LogP contribution >= 0.6 is 0 Å². The minimum absolute atomic E-state index is 0.132. The Morgan fingerprint density at radius 1 is 0.324 bits per heavy atom. The van der Waals surface area contributed by atoms with Gasteiger partial charge in [0.15, 0.2) is 6.10 Å². The predicted molar refractivity (Wildman–Crippen MR) is 292 cm³/mol. The number of rotatable bonds is 45. The van der Waals surface area contributed by atoms with Crippen molar-refractivity contribution >= 4 is 17.9 Å². The second kappa shape index (κ2) is 54.6. The zero-order valence-electron chi connectivity index (χ0n) is 43.0. The average molecular weight is 935 g/mol. The Hall–Kier alpha value is -4.97. The smallest absolute Gasteiger partial charge is 0.306 e. The van der Waals surface area contributed by atoms with Crippen LogP contribution in [-0.2, 0) is 28.6 Å². The zero-order valence-corrected chi connectivity index (χ0v) is 43.0. The Morgan fingerprint density at radius 2 is 0.676 bits per heavy atom. The number of hydrogen-bond acceptors (Lipinski definition) is 6. The van der Waals surface area contributed by atoms with Crippen LogP contribution in [0.3, 0.4) is 0 Å². The monoisotopic (exact) mass is 935 g/mol. The Kier molecular flexibility index (Phi) is 50.6. The summed E-state index contributed by atoms with van der Waals surface area (Å²) in [6.45, 7) is 6.23. The minimum Gasteiger partial charge on any atom is -0.462 e. The highest BCUT2D eigenvalue weighted by Crippen LogP contribution is 2.12. The molecular formula is C62H94O6. The van der Waals surface area contributed by atoms with Gasteiger partial charge in [-0.2, -0.15) is 0 Å². The fraction of sp³-hybridized carbons (Fsp3) is 0.532. The van der Waals surface area contributed by atoms with Gasteiger partial charge in [0, 0.05) is 19.3 Å². The highest BCUT2D eigenvalue weighted by molar-refractivity contribution is 5.71. The molecular weight excluding hydrogens is 841 g/mol. The van der Waals surface area contributed by atoms with E-state index in [1.165, 1.54) is 64.2 Å². The molecule has 0 aliphatic heterocycles. The van der Waals surface area contributed by atoms with Gasteiger partial charge in [0.05, 0.1) is 0 Å². The molecule has 68 heavy (non-hydrogen) atoms. The van der Waals surface area contributed by atoms with Gasteiger partial charge in [-0.15, -0.1) is 0 Å². The summed E-state index contributed by atoms with van der Waals surface area (Å²) in [6.07, 6.45) is 79.4. The fourth-order valence-electron chi connectivity index (χ4n) is 6.53. The Labute approximate surface area is 416 Å². The van der Waals surface area contributed by atoms with Gasteiger partial charge in [0.25, 0.3) is 0 Å². The second-order valence-electron chi connectivity index (χ2n) is 16.8. The Bertz CT molecular complexity index is 1590. The third-order valence-electron chi connectivity index (χ3n) is 10.5. The molecule has 0 aromatic carbocycles. The number of ether oxygens (including phenoxy) is 3. The van der Waals surface area contributed by atoms with Crippen molar-refractivity contribution in [2.24, 2.45) is 0 Å². The number of esters is 3. The summed E-state index contributed by atoms with van der Waals surface area (Å²) in [5.41, 5.74) is 0. The van der Waals surface area contributed by atoms with E-state index in [1.54, 1.807) is 0 Å². The number of carbonyl (C=O) groups excluding carboxylic acids is 3. The Balaban J connectivity index is 4.64. The van der Waals surface area contributed by atoms with Crippen LogP contribution in [0.25, 0.3) is 0 Å². The van der Waals surface area contributed by atoms with E-state index in [1.807, 2.05) is 85.1 Å². The first-order valence-electron chi connectivity index (χ1n) is 26.6. The first kappa shape index (κ1) is 63.0. The second-order valence-corrected chi connectivity index (χ2v) is 16.8. The molecule has 0 heterocycles. The number of hydrogen-bond donors (Lipinski definition) is 0. The number of carbonyl (C=O) groups is 3. The van der Waals surface area contributed by atoms with Crippen molar-refractivity contribution in [1.82, 2.24) is 0 Å². The van der Waals surface area contributed by atoms with Crippen LogP contribution in [0.4, 0.5) is 0 Å². The predicted octanol–water partition coefficient (Wildman–Crippen LogP) is 17.8. The molecule has 1 atom stereocenters. The maximum Gasteiger partial charge on any atom is 0.306 e. The molecule has 0 aliphatic rings. The van der Waals surface area contributed by atoms with E-state index in [0.717, 1.165) is 77.0 Å². The lowest BCUT2D eigenvalue weighted by Gasteiger charge is -2.18. The van der Waals surface area contributed by atoms with Crippen LogP contribution in [0, 0.1) is 0 Å². The van der Waals surface area contributed by atoms with Gasteiger partial charge in [0.2, 0.25) is 0 Å². The molecule has 0 N–H and O–H groups in total. The van der Waals surface area contributed by atoms with Gasteiger partial charge in [-0.25, -0.2) is 0 Å². The SMILES string of the molecule is CC\C=C/C=C\C=C/C=C\C=C\C=C/C=C\CCCCCC(=O)OCC(COC(=O)CCCCCCCCC/C=C\CCCCCC)OC(=O)CC/C=C\C/C=C\C/C=C\C/C=C\C/C=C\CC. The molecule has 0 fully saturated rings. The molecule has 0 saturated heterocycles. The molecule has 0 aromatic rings. The van der Waals surface area contributed by atoms with Crippen LogP contribution in [0.1, 0.15) is 194 Å². The summed E-state index contributed by atoms with van der Waals surface area (Å²) in [5.74, 6) is -1.08. The summed E-state index contributed by atoms with van der Waals surface area (Å²) in [5, 5.41) is 0. The summed E-state index contributed by atoms with van der Waals surface area (Å²) in [7, 11) is 0. The third kappa shape index (κ3) is 52.0. The van der Waals surface area contributed by atoms with Crippen LogP contribution in [0.2, 0.25) is 0 Å². The van der Waals surface area contributed by atoms with Gasteiger partial charge in [-0.3, -0.25) is 14.4 Å². The van der Waals surface area contributed by atoms with Crippen LogP contribution in [0.5, 0.6) is 0 Å². The quantitative estimate of drug-likeness (QED) is 0.0199. The minimum atomic E-state index is -0.846. The normalized spacial score (nSPS) is 13.4. The van der Waals surface area contributed by atoms with Gasteiger partial charge in [-0.05, 0) is 96.3 Å². The molecule has 0 spiro atoms.